The van der Waals surface area contributed by atoms with Gasteiger partial charge in [-0.3, -0.25) is 9.59 Å². The van der Waals surface area contributed by atoms with Gasteiger partial charge in [-0.1, -0.05) is 25.7 Å². The Balaban J connectivity index is 1.39. The largest absolute Gasteiger partial charge is 0.494 e. The van der Waals surface area contributed by atoms with Crippen LogP contribution in [0, 0.1) is 11.8 Å². The summed E-state index contributed by atoms with van der Waals surface area (Å²) in [6, 6.07) is 15.3. The van der Waals surface area contributed by atoms with Gasteiger partial charge in [0.1, 0.15) is 11.5 Å². The number of piperidine rings is 2. The molecule has 2 aliphatic heterocycles. The van der Waals surface area contributed by atoms with Gasteiger partial charge in [0.25, 0.3) is 0 Å². The molecule has 0 saturated carbocycles. The van der Waals surface area contributed by atoms with Gasteiger partial charge in [-0.05, 0) is 127 Å². The van der Waals surface area contributed by atoms with Gasteiger partial charge in [0.15, 0.2) is 11.6 Å². The third-order valence-corrected chi connectivity index (χ3v) is 8.85. The molecule has 0 N–H and O–H groups in total. The summed E-state index contributed by atoms with van der Waals surface area (Å²) in [4.78, 5) is 32.4. The van der Waals surface area contributed by atoms with E-state index in [1.807, 2.05) is 62.4 Å². The molecule has 6 heteroatoms. The second-order valence-corrected chi connectivity index (χ2v) is 12.0. The monoisotopic (exact) mass is 576 g/mol. The first kappa shape index (κ1) is 32.2. The summed E-state index contributed by atoms with van der Waals surface area (Å²) in [5.74, 6) is 2.03. The average Bonchev–Trinajstić information content (AvgIpc) is 3.03. The summed E-state index contributed by atoms with van der Waals surface area (Å²) >= 11 is 0. The number of Topliss-reactive ketones (excluding diaryl/α,β-unsaturated/α-hetero) is 2. The summed E-state index contributed by atoms with van der Waals surface area (Å²) in [5.41, 5.74) is 1.54. The lowest BCUT2D eigenvalue weighted by Gasteiger charge is -2.31. The number of carbonyl (C=O) groups excluding carboxylic acids is 2. The highest BCUT2D eigenvalue weighted by molar-refractivity contribution is 5.98. The van der Waals surface area contributed by atoms with Gasteiger partial charge in [0, 0.05) is 36.1 Å². The predicted molar refractivity (Wildman–Crippen MR) is 170 cm³/mol. The third kappa shape index (κ3) is 9.95. The van der Waals surface area contributed by atoms with Crippen molar-refractivity contribution < 1.29 is 19.1 Å². The molecule has 230 valence electrons. The highest BCUT2D eigenvalue weighted by atomic mass is 16.5. The van der Waals surface area contributed by atoms with Crippen molar-refractivity contribution in [1.29, 1.82) is 0 Å². The molecule has 4 rings (SSSR count). The lowest BCUT2D eigenvalue weighted by molar-refractivity contribution is 0.0833. The van der Waals surface area contributed by atoms with Crippen LogP contribution in [0.4, 0.5) is 0 Å². The molecule has 0 aromatic heterocycles. The number of rotatable bonds is 17. The molecule has 2 saturated heterocycles. The molecule has 0 bridgehead atoms. The molecule has 2 heterocycles. The first-order valence-corrected chi connectivity index (χ1v) is 16.6. The minimum atomic E-state index is -0.0246. The smallest absolute Gasteiger partial charge is 0.167 e. The molecule has 0 amide bonds. The first-order valence-electron chi connectivity index (χ1n) is 16.6. The number of ether oxygens (including phenoxy) is 2. The highest BCUT2D eigenvalue weighted by Gasteiger charge is 2.26. The molecular formula is C36H52N2O4. The fourth-order valence-electron chi connectivity index (χ4n) is 6.53. The molecule has 2 fully saturated rings. The molecule has 0 spiro atoms. The van der Waals surface area contributed by atoms with E-state index in [0.717, 1.165) is 87.6 Å². The number of benzene rings is 2. The van der Waals surface area contributed by atoms with Crippen LogP contribution in [0.15, 0.2) is 48.5 Å². The summed E-state index contributed by atoms with van der Waals surface area (Å²) in [5, 5.41) is 0. The number of nitrogens with zero attached hydrogens (tertiary/aromatic N) is 2. The SMILES string of the molecule is CCOc1ccc(C(=O)[C@H](CCCC[C@@H](CN2CCCCC2)C(=O)c2ccc(OCC)cc2)CN2CCCCC2)cc1. The minimum Gasteiger partial charge on any atom is -0.494 e. The van der Waals surface area contributed by atoms with E-state index < -0.39 is 0 Å². The number of hydrogen-bond acceptors (Lipinski definition) is 6. The number of ketones is 2. The second-order valence-electron chi connectivity index (χ2n) is 12.0. The molecule has 2 aromatic carbocycles. The third-order valence-electron chi connectivity index (χ3n) is 8.85. The lowest BCUT2D eigenvalue weighted by atomic mass is 9.88. The number of hydrogen-bond donors (Lipinski definition) is 0. The molecule has 6 nitrogen and oxygen atoms in total. The minimum absolute atomic E-state index is 0.0246. The number of unbranched alkanes of at least 4 members (excludes halogenated alkanes) is 1. The fraction of sp³-hybridized carbons (Fsp3) is 0.611. The normalized spacial score (nSPS) is 17.9. The van der Waals surface area contributed by atoms with Crippen molar-refractivity contribution in [1.82, 2.24) is 9.80 Å². The number of likely N-dealkylation sites (tertiary alicyclic amines) is 2. The lowest BCUT2D eigenvalue weighted by Crippen LogP contribution is -2.37. The van der Waals surface area contributed by atoms with Crippen molar-refractivity contribution in [2.24, 2.45) is 11.8 Å². The summed E-state index contributed by atoms with van der Waals surface area (Å²) < 4.78 is 11.2. The molecular weight excluding hydrogens is 524 g/mol. The molecule has 2 atom stereocenters. The van der Waals surface area contributed by atoms with E-state index >= 15 is 0 Å². The van der Waals surface area contributed by atoms with E-state index in [4.69, 9.17) is 9.47 Å². The predicted octanol–water partition coefficient (Wildman–Crippen LogP) is 7.31. The quantitative estimate of drug-likeness (QED) is 0.145. The van der Waals surface area contributed by atoms with Crippen LogP contribution in [0.25, 0.3) is 0 Å². The van der Waals surface area contributed by atoms with E-state index in [0.29, 0.717) is 13.2 Å². The highest BCUT2D eigenvalue weighted by Crippen LogP contribution is 2.25. The second kappa shape index (κ2) is 17.4. The molecule has 0 radical (unpaired) electrons. The summed E-state index contributed by atoms with van der Waals surface area (Å²) in [6.45, 7) is 11.2. The zero-order valence-electron chi connectivity index (χ0n) is 26.0. The van der Waals surface area contributed by atoms with Crippen molar-refractivity contribution in [3.05, 3.63) is 59.7 Å². The summed E-state index contributed by atoms with van der Waals surface area (Å²) in [6.07, 6.45) is 11.1. The maximum atomic E-state index is 13.7. The van der Waals surface area contributed by atoms with Gasteiger partial charge < -0.3 is 19.3 Å². The van der Waals surface area contributed by atoms with Gasteiger partial charge in [0.2, 0.25) is 0 Å². The van der Waals surface area contributed by atoms with Crippen molar-refractivity contribution in [3.63, 3.8) is 0 Å². The van der Waals surface area contributed by atoms with Crippen molar-refractivity contribution >= 4 is 11.6 Å². The zero-order chi connectivity index (χ0) is 29.6. The standard InChI is InChI=1S/C36H52N2O4/c1-3-41-33-19-15-29(16-20-33)35(39)31(27-37-23-9-5-10-24-37)13-7-8-14-32(28-38-25-11-6-12-26-38)36(40)30-17-21-34(22-18-30)42-4-2/h15-22,31-32H,3-14,23-28H2,1-2H3/t31-,32+. The fourth-order valence-corrected chi connectivity index (χ4v) is 6.53. The van der Waals surface area contributed by atoms with Crippen LogP contribution in [0.5, 0.6) is 11.5 Å². The Kier molecular flexibility index (Phi) is 13.4. The summed E-state index contributed by atoms with van der Waals surface area (Å²) in [7, 11) is 0. The van der Waals surface area contributed by atoms with E-state index in [2.05, 4.69) is 9.80 Å². The maximum absolute atomic E-state index is 13.7. The molecule has 42 heavy (non-hydrogen) atoms. The zero-order valence-corrected chi connectivity index (χ0v) is 26.0. The van der Waals surface area contributed by atoms with E-state index in [1.165, 1.54) is 38.5 Å². The van der Waals surface area contributed by atoms with Crippen LogP contribution in [-0.4, -0.2) is 73.8 Å². The van der Waals surface area contributed by atoms with Crippen molar-refractivity contribution in [3.8, 4) is 11.5 Å². The molecule has 2 aromatic rings. The van der Waals surface area contributed by atoms with Gasteiger partial charge >= 0.3 is 0 Å². The van der Waals surface area contributed by atoms with Gasteiger partial charge in [-0.25, -0.2) is 0 Å². The molecule has 0 aliphatic carbocycles. The molecule has 0 unspecified atom stereocenters. The van der Waals surface area contributed by atoms with Gasteiger partial charge in [-0.2, -0.15) is 0 Å². The Bertz CT molecular complexity index is 985. The number of carbonyl (C=O) groups is 2. The van der Waals surface area contributed by atoms with E-state index in [1.54, 1.807) is 0 Å². The van der Waals surface area contributed by atoms with Gasteiger partial charge in [0.05, 0.1) is 13.2 Å². The Morgan fingerprint density at radius 3 is 1.29 bits per heavy atom. The topological polar surface area (TPSA) is 59.1 Å². The van der Waals surface area contributed by atoms with Crippen LogP contribution in [0.2, 0.25) is 0 Å². The van der Waals surface area contributed by atoms with Crippen LogP contribution in [0.1, 0.15) is 98.8 Å². The van der Waals surface area contributed by atoms with Crippen LogP contribution < -0.4 is 9.47 Å². The van der Waals surface area contributed by atoms with Gasteiger partial charge in [-0.15, -0.1) is 0 Å². The first-order chi connectivity index (χ1) is 20.6. The molecule has 2 aliphatic rings. The maximum Gasteiger partial charge on any atom is 0.167 e. The van der Waals surface area contributed by atoms with Crippen LogP contribution in [0.3, 0.4) is 0 Å². The average molecular weight is 577 g/mol. The van der Waals surface area contributed by atoms with Crippen molar-refractivity contribution in [2.75, 3.05) is 52.5 Å². The Morgan fingerprint density at radius 1 is 0.595 bits per heavy atom. The van der Waals surface area contributed by atoms with Crippen molar-refractivity contribution in [2.45, 2.75) is 78.1 Å². The Morgan fingerprint density at radius 2 is 0.952 bits per heavy atom. The van der Waals surface area contributed by atoms with E-state index in [9.17, 15) is 9.59 Å². The Labute approximate surface area is 253 Å². The van der Waals surface area contributed by atoms with Crippen LogP contribution >= 0.6 is 0 Å². The van der Waals surface area contributed by atoms with E-state index in [-0.39, 0.29) is 23.4 Å². The Hall–Kier alpha value is -2.70. The van der Waals surface area contributed by atoms with Crippen LogP contribution in [-0.2, 0) is 0 Å².